The molecule has 1 saturated heterocycles. The molecule has 1 amide bonds. The van der Waals surface area contributed by atoms with Gasteiger partial charge >= 0.3 is 0 Å². The summed E-state index contributed by atoms with van der Waals surface area (Å²) in [5.41, 5.74) is 2.58. The highest BCUT2D eigenvalue weighted by molar-refractivity contribution is 5.78. The van der Waals surface area contributed by atoms with E-state index in [2.05, 4.69) is 45.5 Å². The van der Waals surface area contributed by atoms with Crippen LogP contribution in [0.1, 0.15) is 30.4 Å². The predicted molar refractivity (Wildman–Crippen MR) is 113 cm³/mol. The number of hydrogen-bond acceptors (Lipinski definition) is 4. The number of nitrogens with zero attached hydrogens (tertiary/aromatic N) is 3. The smallest absolute Gasteiger partial charge is 0.234 e. The molecular formula is C23H32N4O. The predicted octanol–water partition coefficient (Wildman–Crippen LogP) is 2.73. The molecule has 0 radical (unpaired) electrons. The second kappa shape index (κ2) is 10.9. The molecule has 5 nitrogen and oxygen atoms in total. The van der Waals surface area contributed by atoms with Crippen LogP contribution >= 0.6 is 0 Å². The number of likely N-dealkylation sites (N-methyl/N-ethyl adjacent to an activating group) is 1. The van der Waals surface area contributed by atoms with Gasteiger partial charge in [-0.2, -0.15) is 0 Å². The number of rotatable bonds is 9. The number of carbonyl (C=O) groups excluding carboxylic acids is 1. The van der Waals surface area contributed by atoms with Gasteiger partial charge in [0.05, 0.1) is 6.54 Å². The Morgan fingerprint density at radius 3 is 2.75 bits per heavy atom. The zero-order chi connectivity index (χ0) is 19.6. The molecule has 1 fully saturated rings. The molecule has 2 heterocycles. The largest absolute Gasteiger partial charge is 0.351 e. The first-order valence-corrected chi connectivity index (χ1v) is 10.3. The fourth-order valence-corrected chi connectivity index (χ4v) is 3.90. The van der Waals surface area contributed by atoms with E-state index in [4.69, 9.17) is 0 Å². The first kappa shape index (κ1) is 20.5. The number of aryl methyl sites for hydroxylation is 1. The number of piperidine rings is 1. The molecule has 28 heavy (non-hydrogen) atoms. The molecule has 1 aromatic heterocycles. The van der Waals surface area contributed by atoms with E-state index in [1.165, 1.54) is 17.5 Å². The van der Waals surface area contributed by atoms with Crippen LogP contribution in [-0.2, 0) is 17.8 Å². The Bertz CT molecular complexity index is 707. The number of benzene rings is 1. The van der Waals surface area contributed by atoms with E-state index < -0.39 is 0 Å². The topological polar surface area (TPSA) is 48.5 Å². The van der Waals surface area contributed by atoms with Gasteiger partial charge in [-0.25, -0.2) is 0 Å². The summed E-state index contributed by atoms with van der Waals surface area (Å²) in [7, 11) is 1.98. The molecule has 0 bridgehead atoms. The van der Waals surface area contributed by atoms with Crippen molar-refractivity contribution in [3.05, 3.63) is 66.0 Å². The number of likely N-dealkylation sites (tertiary alicyclic amines) is 1. The highest BCUT2D eigenvalue weighted by Gasteiger charge is 2.21. The number of hydrogen-bond donors (Lipinski definition) is 1. The van der Waals surface area contributed by atoms with E-state index in [-0.39, 0.29) is 11.9 Å². The minimum Gasteiger partial charge on any atom is -0.351 e. The maximum atomic E-state index is 12.4. The van der Waals surface area contributed by atoms with Gasteiger partial charge in [0.2, 0.25) is 5.91 Å². The fraction of sp³-hybridized carbons (Fsp3) is 0.478. The van der Waals surface area contributed by atoms with E-state index in [1.54, 1.807) is 12.4 Å². The summed E-state index contributed by atoms with van der Waals surface area (Å²) in [6, 6.07) is 14.9. The van der Waals surface area contributed by atoms with Crippen molar-refractivity contribution < 1.29 is 4.79 Å². The van der Waals surface area contributed by atoms with E-state index in [0.29, 0.717) is 6.54 Å². The quantitative estimate of drug-likeness (QED) is 0.727. The van der Waals surface area contributed by atoms with Crippen LogP contribution in [0.15, 0.2) is 54.9 Å². The molecule has 5 heteroatoms. The first-order valence-electron chi connectivity index (χ1n) is 10.3. The number of nitrogens with one attached hydrogen (secondary N) is 1. The summed E-state index contributed by atoms with van der Waals surface area (Å²) in [4.78, 5) is 21.0. The molecule has 1 aliphatic heterocycles. The summed E-state index contributed by atoms with van der Waals surface area (Å²) >= 11 is 0. The van der Waals surface area contributed by atoms with Crippen LogP contribution in [0.5, 0.6) is 0 Å². The Hall–Kier alpha value is -2.24. The van der Waals surface area contributed by atoms with Gasteiger partial charge in [-0.15, -0.1) is 0 Å². The average Bonchev–Trinajstić information content (AvgIpc) is 2.69. The molecule has 2 aromatic rings. The van der Waals surface area contributed by atoms with Crippen molar-refractivity contribution in [2.45, 2.75) is 38.3 Å². The maximum absolute atomic E-state index is 12.4. The van der Waals surface area contributed by atoms with Crippen molar-refractivity contribution in [2.24, 2.45) is 0 Å². The van der Waals surface area contributed by atoms with Crippen molar-refractivity contribution in [2.75, 3.05) is 33.2 Å². The van der Waals surface area contributed by atoms with E-state index in [1.807, 2.05) is 24.1 Å². The highest BCUT2D eigenvalue weighted by atomic mass is 16.2. The minimum atomic E-state index is 0.118. The van der Waals surface area contributed by atoms with Crippen molar-refractivity contribution in [1.29, 1.82) is 0 Å². The minimum absolute atomic E-state index is 0.118. The highest BCUT2D eigenvalue weighted by Crippen LogP contribution is 2.12. The molecule has 0 spiro atoms. The van der Waals surface area contributed by atoms with Crippen LogP contribution in [-0.4, -0.2) is 60.0 Å². The summed E-state index contributed by atoms with van der Waals surface area (Å²) < 4.78 is 0. The monoisotopic (exact) mass is 380 g/mol. The lowest BCUT2D eigenvalue weighted by Gasteiger charge is -2.33. The van der Waals surface area contributed by atoms with E-state index in [9.17, 15) is 4.79 Å². The van der Waals surface area contributed by atoms with Gasteiger partial charge in [-0.3, -0.25) is 14.7 Å². The summed E-state index contributed by atoms with van der Waals surface area (Å²) in [5, 5.41) is 3.24. The summed E-state index contributed by atoms with van der Waals surface area (Å²) in [6.07, 6.45) is 8.10. The molecule has 1 N–H and O–H groups in total. The average molecular weight is 381 g/mol. The van der Waals surface area contributed by atoms with Crippen molar-refractivity contribution in [3.63, 3.8) is 0 Å². The lowest BCUT2D eigenvalue weighted by atomic mass is 10.0. The summed E-state index contributed by atoms with van der Waals surface area (Å²) in [6.45, 7) is 4.39. The van der Waals surface area contributed by atoms with Crippen molar-refractivity contribution in [3.8, 4) is 0 Å². The Morgan fingerprint density at radius 1 is 1.18 bits per heavy atom. The van der Waals surface area contributed by atoms with Gasteiger partial charge in [-0.1, -0.05) is 30.3 Å². The third-order valence-electron chi connectivity index (χ3n) is 5.27. The maximum Gasteiger partial charge on any atom is 0.234 e. The van der Waals surface area contributed by atoms with Gasteiger partial charge in [0.1, 0.15) is 0 Å². The first-order chi connectivity index (χ1) is 13.7. The van der Waals surface area contributed by atoms with Gasteiger partial charge in [0, 0.05) is 31.5 Å². The zero-order valence-corrected chi connectivity index (χ0v) is 16.9. The van der Waals surface area contributed by atoms with Crippen LogP contribution in [0.25, 0.3) is 0 Å². The Morgan fingerprint density at radius 2 is 1.96 bits per heavy atom. The van der Waals surface area contributed by atoms with Crippen LogP contribution in [0, 0.1) is 0 Å². The molecule has 0 saturated carbocycles. The van der Waals surface area contributed by atoms with Gasteiger partial charge < -0.3 is 10.2 Å². The van der Waals surface area contributed by atoms with Gasteiger partial charge in [0.25, 0.3) is 0 Å². The molecule has 1 aliphatic rings. The van der Waals surface area contributed by atoms with Gasteiger partial charge in [-0.05, 0) is 69.1 Å². The molecule has 1 atom stereocenters. The standard InChI is InChI=1S/C23H32N4O/c1-26(17-21-11-13-24-14-12-21)19-23(28)25-22-10-6-16-27(18-22)15-5-9-20-7-3-2-4-8-20/h2-4,7-8,11-14,22H,5-6,9-10,15-19H2,1H3,(H,25,28)/t22-/m1/s1. The van der Waals surface area contributed by atoms with Crippen molar-refractivity contribution in [1.82, 2.24) is 20.1 Å². The SMILES string of the molecule is CN(CC(=O)N[C@@H]1CCCN(CCCc2ccccc2)C1)Cc1ccncc1. The van der Waals surface area contributed by atoms with E-state index >= 15 is 0 Å². The number of amides is 1. The Balaban J connectivity index is 1.36. The van der Waals surface area contributed by atoms with E-state index in [0.717, 1.165) is 45.4 Å². The lowest BCUT2D eigenvalue weighted by molar-refractivity contribution is -0.123. The normalized spacial score (nSPS) is 17.6. The fourth-order valence-electron chi connectivity index (χ4n) is 3.90. The zero-order valence-electron chi connectivity index (χ0n) is 16.9. The van der Waals surface area contributed by atoms with Crippen molar-refractivity contribution >= 4 is 5.91 Å². The Labute approximate surface area is 168 Å². The van der Waals surface area contributed by atoms with Gasteiger partial charge in [0.15, 0.2) is 0 Å². The molecule has 150 valence electrons. The molecule has 3 rings (SSSR count). The van der Waals surface area contributed by atoms with Crippen LogP contribution in [0.2, 0.25) is 0 Å². The van der Waals surface area contributed by atoms with Crippen LogP contribution in [0.4, 0.5) is 0 Å². The molecule has 1 aromatic carbocycles. The Kier molecular flexibility index (Phi) is 8.00. The number of carbonyl (C=O) groups is 1. The summed E-state index contributed by atoms with van der Waals surface area (Å²) in [5.74, 6) is 0.118. The number of pyridine rings is 1. The molecule has 0 aliphatic carbocycles. The third kappa shape index (κ3) is 7.06. The lowest BCUT2D eigenvalue weighted by Crippen LogP contribution is -2.49. The second-order valence-corrected chi connectivity index (χ2v) is 7.82. The molecular weight excluding hydrogens is 348 g/mol. The van der Waals surface area contributed by atoms with Crippen LogP contribution in [0.3, 0.4) is 0 Å². The third-order valence-corrected chi connectivity index (χ3v) is 5.27. The second-order valence-electron chi connectivity index (χ2n) is 7.82. The molecule has 0 unspecified atom stereocenters. The number of aromatic nitrogens is 1. The van der Waals surface area contributed by atoms with Crippen LogP contribution < -0.4 is 5.32 Å².